The number of hydrogen-bond donors (Lipinski definition) is 1. The van der Waals surface area contributed by atoms with Crippen molar-refractivity contribution in [2.75, 3.05) is 6.54 Å². The molecule has 1 aromatic carbocycles. The minimum atomic E-state index is -4.62. The third kappa shape index (κ3) is 2.88. The zero-order chi connectivity index (χ0) is 11.6. The molecule has 16 heavy (non-hydrogen) atoms. The third-order valence-electron chi connectivity index (χ3n) is 2.55. The second-order valence-electron chi connectivity index (χ2n) is 3.77. The first-order valence-electron chi connectivity index (χ1n) is 5.14. The van der Waals surface area contributed by atoms with E-state index in [-0.39, 0.29) is 11.8 Å². The van der Waals surface area contributed by atoms with Crippen LogP contribution in [0.25, 0.3) is 0 Å². The lowest BCUT2D eigenvalue weighted by Crippen LogP contribution is -2.18. The molecule has 1 saturated heterocycles. The lowest BCUT2D eigenvalue weighted by atomic mass is 10.1. The Hall–Kier alpha value is -1.23. The van der Waals surface area contributed by atoms with Crippen LogP contribution in [-0.2, 0) is 0 Å². The number of alkyl halides is 3. The molecule has 1 aliphatic heterocycles. The number of nitrogens with one attached hydrogen (secondary N) is 1. The van der Waals surface area contributed by atoms with Crippen molar-refractivity contribution >= 4 is 0 Å². The Balaban J connectivity index is 2.12. The smallest absolute Gasteiger partial charge is 0.406 e. The molecule has 5 heteroatoms. The van der Waals surface area contributed by atoms with Gasteiger partial charge in [-0.15, -0.1) is 13.2 Å². The molecule has 1 heterocycles. The largest absolute Gasteiger partial charge is 0.573 e. The molecule has 2 nitrogen and oxygen atoms in total. The zero-order valence-electron chi connectivity index (χ0n) is 8.55. The monoisotopic (exact) mass is 231 g/mol. The Morgan fingerprint density at radius 2 is 2.12 bits per heavy atom. The van der Waals surface area contributed by atoms with Crippen LogP contribution in [0.3, 0.4) is 0 Å². The normalized spacial score (nSPS) is 21.1. The molecule has 0 spiro atoms. The molecule has 0 amide bonds. The van der Waals surface area contributed by atoms with Crippen molar-refractivity contribution in [2.24, 2.45) is 0 Å². The molecular formula is C11H12F3NO. The van der Waals surface area contributed by atoms with E-state index in [1.807, 2.05) is 6.07 Å². The average molecular weight is 231 g/mol. The maximum atomic E-state index is 12.0. The van der Waals surface area contributed by atoms with Crippen LogP contribution in [0.4, 0.5) is 13.2 Å². The van der Waals surface area contributed by atoms with Gasteiger partial charge in [0.25, 0.3) is 0 Å². The maximum absolute atomic E-state index is 12.0. The summed E-state index contributed by atoms with van der Waals surface area (Å²) in [5, 5.41) is 3.23. The summed E-state index contributed by atoms with van der Waals surface area (Å²) < 4.78 is 39.9. The van der Waals surface area contributed by atoms with Crippen molar-refractivity contribution < 1.29 is 17.9 Å². The van der Waals surface area contributed by atoms with E-state index in [4.69, 9.17) is 0 Å². The van der Waals surface area contributed by atoms with Crippen LogP contribution in [0.2, 0.25) is 0 Å². The third-order valence-corrected chi connectivity index (χ3v) is 2.55. The van der Waals surface area contributed by atoms with Crippen LogP contribution in [0.15, 0.2) is 24.3 Å². The number of rotatable bonds is 2. The predicted octanol–water partition coefficient (Wildman–Crippen LogP) is 3.01. The molecule has 2 rings (SSSR count). The summed E-state index contributed by atoms with van der Waals surface area (Å²) in [4.78, 5) is 0. The molecule has 0 aromatic heterocycles. The fourth-order valence-corrected chi connectivity index (χ4v) is 1.90. The van der Waals surface area contributed by atoms with E-state index in [0.717, 1.165) is 24.9 Å². The van der Waals surface area contributed by atoms with Crippen molar-refractivity contribution in [3.05, 3.63) is 29.8 Å². The molecule has 1 aliphatic rings. The van der Waals surface area contributed by atoms with Gasteiger partial charge in [-0.3, -0.25) is 0 Å². The highest BCUT2D eigenvalue weighted by molar-refractivity contribution is 5.31. The maximum Gasteiger partial charge on any atom is 0.573 e. The molecule has 1 N–H and O–H groups in total. The Morgan fingerprint density at radius 3 is 2.75 bits per heavy atom. The van der Waals surface area contributed by atoms with Gasteiger partial charge in [-0.25, -0.2) is 0 Å². The summed E-state index contributed by atoms with van der Waals surface area (Å²) in [7, 11) is 0. The fraction of sp³-hybridized carbons (Fsp3) is 0.455. The van der Waals surface area contributed by atoms with Crippen molar-refractivity contribution in [3.8, 4) is 5.75 Å². The molecule has 0 bridgehead atoms. The van der Waals surface area contributed by atoms with Crippen molar-refractivity contribution in [1.82, 2.24) is 5.32 Å². The highest BCUT2D eigenvalue weighted by Crippen LogP contribution is 2.28. The Bertz CT molecular complexity index is 358. The molecule has 0 radical (unpaired) electrons. The van der Waals surface area contributed by atoms with Gasteiger partial charge < -0.3 is 10.1 Å². The number of ether oxygens (including phenoxy) is 1. The van der Waals surface area contributed by atoms with Crippen molar-refractivity contribution in [3.63, 3.8) is 0 Å². The lowest BCUT2D eigenvalue weighted by Gasteiger charge is -2.13. The number of benzene rings is 1. The Labute approximate surface area is 91.4 Å². The van der Waals surface area contributed by atoms with Crippen LogP contribution in [0.1, 0.15) is 24.4 Å². The SMILES string of the molecule is FC(F)(F)Oc1cccc([C@@H]2CCCN2)c1. The van der Waals surface area contributed by atoms with E-state index in [1.54, 1.807) is 6.07 Å². The minimum absolute atomic E-state index is 0.150. The Morgan fingerprint density at radius 1 is 1.31 bits per heavy atom. The fourth-order valence-electron chi connectivity index (χ4n) is 1.90. The summed E-state index contributed by atoms with van der Waals surface area (Å²) in [5.41, 5.74) is 0.847. The summed E-state index contributed by atoms with van der Waals surface area (Å²) in [5.74, 6) is -0.154. The molecule has 0 unspecified atom stereocenters. The van der Waals surface area contributed by atoms with E-state index in [1.165, 1.54) is 12.1 Å². The van der Waals surface area contributed by atoms with Gasteiger partial charge >= 0.3 is 6.36 Å². The van der Waals surface area contributed by atoms with E-state index >= 15 is 0 Å². The first-order chi connectivity index (χ1) is 7.54. The molecular weight excluding hydrogens is 219 g/mol. The lowest BCUT2D eigenvalue weighted by molar-refractivity contribution is -0.274. The van der Waals surface area contributed by atoms with Gasteiger partial charge in [0.05, 0.1) is 0 Å². The molecule has 0 aliphatic carbocycles. The molecule has 1 fully saturated rings. The summed E-state index contributed by atoms with van der Waals surface area (Å²) in [6.45, 7) is 0.912. The van der Waals surface area contributed by atoms with Gasteiger partial charge in [-0.2, -0.15) is 0 Å². The number of hydrogen-bond acceptors (Lipinski definition) is 2. The topological polar surface area (TPSA) is 21.3 Å². The quantitative estimate of drug-likeness (QED) is 0.844. The summed E-state index contributed by atoms with van der Waals surface area (Å²) >= 11 is 0. The van der Waals surface area contributed by atoms with E-state index < -0.39 is 6.36 Å². The first kappa shape index (κ1) is 11.3. The van der Waals surface area contributed by atoms with Crippen LogP contribution >= 0.6 is 0 Å². The molecule has 0 saturated carbocycles. The molecule has 1 aromatic rings. The first-order valence-corrected chi connectivity index (χ1v) is 5.14. The Kier molecular flexibility index (Phi) is 3.05. The molecule has 88 valence electrons. The van der Waals surface area contributed by atoms with Gasteiger partial charge in [-0.1, -0.05) is 12.1 Å². The summed E-state index contributed by atoms with van der Waals surface area (Å²) in [6, 6.07) is 6.29. The van der Waals surface area contributed by atoms with Gasteiger partial charge in [-0.05, 0) is 37.1 Å². The van der Waals surface area contributed by atoms with Crippen LogP contribution in [0, 0.1) is 0 Å². The van der Waals surface area contributed by atoms with E-state index in [9.17, 15) is 13.2 Å². The summed E-state index contributed by atoms with van der Waals surface area (Å²) in [6.07, 6.45) is -2.62. The standard InChI is InChI=1S/C11H12F3NO/c12-11(13,14)16-9-4-1-3-8(7-9)10-5-2-6-15-10/h1,3-4,7,10,15H,2,5-6H2/t10-/m0/s1. The van der Waals surface area contributed by atoms with E-state index in [2.05, 4.69) is 10.1 Å². The van der Waals surface area contributed by atoms with Crippen LogP contribution < -0.4 is 10.1 Å². The van der Waals surface area contributed by atoms with E-state index in [0.29, 0.717) is 0 Å². The van der Waals surface area contributed by atoms with Gasteiger partial charge in [0, 0.05) is 6.04 Å². The van der Waals surface area contributed by atoms with Crippen LogP contribution in [0.5, 0.6) is 5.75 Å². The predicted molar refractivity (Wildman–Crippen MR) is 53.1 cm³/mol. The van der Waals surface area contributed by atoms with Gasteiger partial charge in [0.15, 0.2) is 0 Å². The highest BCUT2D eigenvalue weighted by Gasteiger charge is 2.31. The number of halogens is 3. The zero-order valence-corrected chi connectivity index (χ0v) is 8.55. The second-order valence-corrected chi connectivity index (χ2v) is 3.77. The van der Waals surface area contributed by atoms with Gasteiger partial charge in [0.2, 0.25) is 0 Å². The van der Waals surface area contributed by atoms with Crippen LogP contribution in [-0.4, -0.2) is 12.9 Å². The van der Waals surface area contributed by atoms with Crippen molar-refractivity contribution in [1.29, 1.82) is 0 Å². The minimum Gasteiger partial charge on any atom is -0.406 e. The molecule has 1 atom stereocenters. The van der Waals surface area contributed by atoms with Crippen molar-refractivity contribution in [2.45, 2.75) is 25.2 Å². The highest BCUT2D eigenvalue weighted by atomic mass is 19.4. The average Bonchev–Trinajstić information content (AvgIpc) is 2.68. The second kappa shape index (κ2) is 4.33. The van der Waals surface area contributed by atoms with Gasteiger partial charge in [0.1, 0.15) is 5.75 Å².